The second kappa shape index (κ2) is 6.10. The predicted octanol–water partition coefficient (Wildman–Crippen LogP) is 0.239. The van der Waals surface area contributed by atoms with Crippen molar-refractivity contribution in [2.45, 2.75) is 0 Å². The number of aliphatic hydroxyl groups is 1. The lowest BCUT2D eigenvalue weighted by atomic mass is 10.2. The van der Waals surface area contributed by atoms with Crippen molar-refractivity contribution in [1.82, 2.24) is 0 Å². The summed E-state index contributed by atoms with van der Waals surface area (Å²) in [4.78, 5) is 0. The number of rotatable bonds is 6. The summed E-state index contributed by atoms with van der Waals surface area (Å²) in [5, 5.41) is 8.46. The quantitative estimate of drug-likeness (QED) is 0.464. The average molecular weight is 212 g/mol. The molecule has 5 nitrogen and oxygen atoms in total. The molecule has 1 aromatic rings. The van der Waals surface area contributed by atoms with Crippen molar-refractivity contribution in [2.24, 2.45) is 0 Å². The molecule has 0 spiro atoms. The Bertz CT molecular complexity index is 305. The second-order valence-electron chi connectivity index (χ2n) is 2.98. The molecule has 0 bridgehead atoms. The van der Waals surface area contributed by atoms with E-state index in [1.54, 1.807) is 18.2 Å². The summed E-state index contributed by atoms with van der Waals surface area (Å²) in [6, 6.07) is 5.07. The van der Waals surface area contributed by atoms with Crippen LogP contribution in [0.25, 0.3) is 0 Å². The number of nitrogens with two attached hydrogens (primary N) is 2. The van der Waals surface area contributed by atoms with E-state index in [2.05, 4.69) is 0 Å². The second-order valence-corrected chi connectivity index (χ2v) is 2.98. The lowest BCUT2D eigenvalue weighted by Gasteiger charge is -2.09. The number of hydrogen-bond donors (Lipinski definition) is 3. The minimum absolute atomic E-state index is 0.0143. The SMILES string of the molecule is Nc1ccc(N)c(OCCOCCO)c1. The fourth-order valence-corrected chi connectivity index (χ4v) is 1.05. The predicted molar refractivity (Wildman–Crippen MR) is 58.7 cm³/mol. The van der Waals surface area contributed by atoms with Gasteiger partial charge in [-0.2, -0.15) is 0 Å². The van der Waals surface area contributed by atoms with Crippen molar-refractivity contribution >= 4 is 11.4 Å². The van der Waals surface area contributed by atoms with E-state index in [9.17, 15) is 0 Å². The molecule has 15 heavy (non-hydrogen) atoms. The highest BCUT2D eigenvalue weighted by molar-refractivity contribution is 5.59. The molecule has 0 atom stereocenters. The Morgan fingerprint density at radius 3 is 2.67 bits per heavy atom. The van der Waals surface area contributed by atoms with Crippen LogP contribution in [-0.4, -0.2) is 31.5 Å². The molecular weight excluding hydrogens is 196 g/mol. The van der Waals surface area contributed by atoms with Crippen LogP contribution < -0.4 is 16.2 Å². The van der Waals surface area contributed by atoms with Gasteiger partial charge in [-0.1, -0.05) is 0 Å². The Labute approximate surface area is 88.6 Å². The molecule has 0 amide bonds. The maximum Gasteiger partial charge on any atom is 0.144 e. The third-order valence-electron chi connectivity index (χ3n) is 1.76. The Hall–Kier alpha value is -1.46. The normalized spacial score (nSPS) is 10.2. The minimum Gasteiger partial charge on any atom is -0.489 e. The molecule has 0 saturated carbocycles. The minimum atomic E-state index is 0.0143. The standard InChI is InChI=1S/C10H16N2O3/c11-8-1-2-9(12)10(7-8)15-6-5-14-4-3-13/h1-2,7,13H,3-6,11-12H2. The van der Waals surface area contributed by atoms with E-state index in [-0.39, 0.29) is 6.61 Å². The van der Waals surface area contributed by atoms with Crippen LogP contribution in [0.1, 0.15) is 0 Å². The molecule has 0 heterocycles. The van der Waals surface area contributed by atoms with E-state index in [1.807, 2.05) is 0 Å². The molecule has 0 radical (unpaired) electrons. The molecular formula is C10H16N2O3. The summed E-state index contributed by atoms with van der Waals surface area (Å²) >= 11 is 0. The maximum absolute atomic E-state index is 8.46. The van der Waals surface area contributed by atoms with Crippen molar-refractivity contribution in [3.8, 4) is 5.75 Å². The fourth-order valence-electron chi connectivity index (χ4n) is 1.05. The Morgan fingerprint density at radius 1 is 1.13 bits per heavy atom. The van der Waals surface area contributed by atoms with E-state index in [0.717, 1.165) is 0 Å². The molecule has 1 rings (SSSR count). The zero-order valence-corrected chi connectivity index (χ0v) is 8.48. The number of anilines is 2. The van der Waals surface area contributed by atoms with Gasteiger partial charge in [-0.3, -0.25) is 0 Å². The van der Waals surface area contributed by atoms with Gasteiger partial charge in [0.05, 0.1) is 25.5 Å². The first-order chi connectivity index (χ1) is 7.24. The molecule has 0 aliphatic rings. The lowest BCUT2D eigenvalue weighted by Crippen LogP contribution is -2.10. The van der Waals surface area contributed by atoms with Gasteiger partial charge in [0.1, 0.15) is 12.4 Å². The largest absolute Gasteiger partial charge is 0.489 e. The zero-order chi connectivity index (χ0) is 11.1. The third-order valence-corrected chi connectivity index (χ3v) is 1.76. The molecule has 5 heteroatoms. The first kappa shape index (κ1) is 11.6. The molecule has 84 valence electrons. The van der Waals surface area contributed by atoms with Crippen molar-refractivity contribution in [2.75, 3.05) is 37.9 Å². The van der Waals surface area contributed by atoms with Crippen molar-refractivity contribution in [3.63, 3.8) is 0 Å². The van der Waals surface area contributed by atoms with Gasteiger partial charge in [0.15, 0.2) is 0 Å². The van der Waals surface area contributed by atoms with Crippen molar-refractivity contribution in [3.05, 3.63) is 18.2 Å². The first-order valence-electron chi connectivity index (χ1n) is 4.70. The van der Waals surface area contributed by atoms with E-state index in [4.69, 9.17) is 26.0 Å². The van der Waals surface area contributed by atoms with Crippen LogP contribution in [0.3, 0.4) is 0 Å². The van der Waals surface area contributed by atoms with Crippen LogP contribution in [0.4, 0.5) is 11.4 Å². The average Bonchev–Trinajstić information content (AvgIpc) is 2.23. The maximum atomic E-state index is 8.46. The molecule has 0 aromatic heterocycles. The fraction of sp³-hybridized carbons (Fsp3) is 0.400. The number of aliphatic hydroxyl groups excluding tert-OH is 1. The smallest absolute Gasteiger partial charge is 0.144 e. The molecule has 0 saturated heterocycles. The van der Waals surface area contributed by atoms with Crippen LogP contribution in [-0.2, 0) is 4.74 Å². The summed E-state index contributed by atoms with van der Waals surface area (Å²) in [6.07, 6.45) is 0. The van der Waals surface area contributed by atoms with Crippen LogP contribution in [0.5, 0.6) is 5.75 Å². The Balaban J connectivity index is 2.33. The highest BCUT2D eigenvalue weighted by atomic mass is 16.5. The van der Waals surface area contributed by atoms with Gasteiger partial charge in [0.2, 0.25) is 0 Å². The van der Waals surface area contributed by atoms with E-state index in [0.29, 0.717) is 36.9 Å². The summed E-state index contributed by atoms with van der Waals surface area (Å²) in [5.74, 6) is 0.558. The molecule has 0 aliphatic heterocycles. The molecule has 0 unspecified atom stereocenters. The van der Waals surface area contributed by atoms with Crippen LogP contribution in [0.15, 0.2) is 18.2 Å². The number of benzene rings is 1. The van der Waals surface area contributed by atoms with Gasteiger partial charge in [-0.05, 0) is 12.1 Å². The summed E-state index contributed by atoms with van der Waals surface area (Å²) in [5.41, 5.74) is 12.4. The van der Waals surface area contributed by atoms with E-state index >= 15 is 0 Å². The van der Waals surface area contributed by atoms with Crippen LogP contribution >= 0.6 is 0 Å². The van der Waals surface area contributed by atoms with E-state index < -0.39 is 0 Å². The Kier molecular flexibility index (Phi) is 4.73. The molecule has 0 fully saturated rings. The summed E-state index contributed by atoms with van der Waals surface area (Å²) in [7, 11) is 0. The first-order valence-corrected chi connectivity index (χ1v) is 4.70. The monoisotopic (exact) mass is 212 g/mol. The van der Waals surface area contributed by atoms with Gasteiger partial charge >= 0.3 is 0 Å². The summed E-state index contributed by atoms with van der Waals surface area (Å²) < 4.78 is 10.4. The lowest BCUT2D eigenvalue weighted by molar-refractivity contribution is 0.0707. The number of ether oxygens (including phenoxy) is 2. The van der Waals surface area contributed by atoms with Gasteiger partial charge in [0.25, 0.3) is 0 Å². The van der Waals surface area contributed by atoms with Crippen molar-refractivity contribution < 1.29 is 14.6 Å². The topological polar surface area (TPSA) is 90.7 Å². The molecule has 0 aliphatic carbocycles. The number of hydrogen-bond acceptors (Lipinski definition) is 5. The van der Waals surface area contributed by atoms with Gasteiger partial charge in [-0.15, -0.1) is 0 Å². The molecule has 5 N–H and O–H groups in total. The summed E-state index contributed by atoms with van der Waals surface area (Å²) in [6.45, 7) is 1.12. The van der Waals surface area contributed by atoms with E-state index in [1.165, 1.54) is 0 Å². The highest BCUT2D eigenvalue weighted by Crippen LogP contribution is 2.23. The Morgan fingerprint density at radius 2 is 1.93 bits per heavy atom. The zero-order valence-electron chi connectivity index (χ0n) is 8.48. The van der Waals surface area contributed by atoms with Gasteiger partial charge < -0.3 is 26.0 Å². The third kappa shape index (κ3) is 4.05. The number of nitrogen functional groups attached to an aromatic ring is 2. The van der Waals surface area contributed by atoms with Crippen molar-refractivity contribution in [1.29, 1.82) is 0 Å². The highest BCUT2D eigenvalue weighted by Gasteiger charge is 2.00. The van der Waals surface area contributed by atoms with Gasteiger partial charge in [0, 0.05) is 11.8 Å². The van der Waals surface area contributed by atoms with Crippen LogP contribution in [0.2, 0.25) is 0 Å². The van der Waals surface area contributed by atoms with Crippen LogP contribution in [0, 0.1) is 0 Å². The molecule has 1 aromatic carbocycles. The van der Waals surface area contributed by atoms with Gasteiger partial charge in [-0.25, -0.2) is 0 Å².